The van der Waals surface area contributed by atoms with Crippen LogP contribution in [0.15, 0.2) is 5.16 Å². The highest BCUT2D eigenvalue weighted by Crippen LogP contribution is 2.61. The molecule has 6 nitrogen and oxygen atoms in total. The lowest BCUT2D eigenvalue weighted by molar-refractivity contribution is -0.153. The first kappa shape index (κ1) is 18.6. The molecule has 0 spiro atoms. The molecule has 5 aliphatic rings. The number of ketones is 1. The van der Waals surface area contributed by atoms with Crippen LogP contribution in [0.4, 0.5) is 0 Å². The summed E-state index contributed by atoms with van der Waals surface area (Å²) in [5.41, 5.74) is 0.913. The van der Waals surface area contributed by atoms with E-state index in [9.17, 15) is 9.59 Å². The summed E-state index contributed by atoms with van der Waals surface area (Å²) in [6, 6.07) is 0.139. The van der Waals surface area contributed by atoms with E-state index < -0.39 is 0 Å². The Morgan fingerprint density at radius 2 is 1.93 bits per heavy atom. The Labute approximate surface area is 167 Å². The van der Waals surface area contributed by atoms with Gasteiger partial charge in [-0.05, 0) is 55.9 Å². The number of rotatable bonds is 2. The number of nitrogens with zero attached hydrogens (tertiary/aromatic N) is 1. The van der Waals surface area contributed by atoms with Crippen molar-refractivity contribution in [2.24, 2.45) is 33.7 Å². The second-order valence-corrected chi connectivity index (χ2v) is 10.3. The summed E-state index contributed by atoms with van der Waals surface area (Å²) in [6.45, 7) is 6.35. The molecule has 2 aliphatic heterocycles. The number of piperidine rings is 1. The Bertz CT molecular complexity index is 716. The minimum atomic E-state index is -0.272. The van der Waals surface area contributed by atoms with Crippen LogP contribution in [0.25, 0.3) is 0 Å². The number of hydrogen-bond donors (Lipinski definition) is 2. The first-order valence-corrected chi connectivity index (χ1v) is 11.2. The van der Waals surface area contributed by atoms with Crippen LogP contribution in [0.2, 0.25) is 0 Å². The van der Waals surface area contributed by atoms with E-state index in [-0.39, 0.29) is 40.7 Å². The lowest BCUT2D eigenvalue weighted by Gasteiger charge is -2.58. The van der Waals surface area contributed by atoms with Gasteiger partial charge in [-0.25, -0.2) is 0 Å². The van der Waals surface area contributed by atoms with E-state index in [1.807, 2.05) is 0 Å². The molecule has 0 bridgehead atoms. The van der Waals surface area contributed by atoms with Gasteiger partial charge in [0, 0.05) is 43.2 Å². The van der Waals surface area contributed by atoms with Gasteiger partial charge in [0.1, 0.15) is 11.9 Å². The number of amides is 1. The van der Waals surface area contributed by atoms with Gasteiger partial charge in [-0.1, -0.05) is 19.0 Å². The molecule has 0 aromatic heterocycles. The van der Waals surface area contributed by atoms with Crippen LogP contribution in [-0.2, 0) is 14.4 Å². The van der Waals surface area contributed by atoms with Crippen molar-refractivity contribution in [1.82, 2.24) is 10.6 Å². The Balaban J connectivity index is 1.35. The third-order valence-corrected chi connectivity index (χ3v) is 8.98. The predicted molar refractivity (Wildman–Crippen MR) is 106 cm³/mol. The summed E-state index contributed by atoms with van der Waals surface area (Å²) >= 11 is 0. The van der Waals surface area contributed by atoms with Gasteiger partial charge in [0.25, 0.3) is 0 Å². The van der Waals surface area contributed by atoms with E-state index in [0.717, 1.165) is 63.7 Å². The summed E-state index contributed by atoms with van der Waals surface area (Å²) in [5.74, 6) is 1.18. The van der Waals surface area contributed by atoms with E-state index in [1.54, 1.807) is 0 Å². The highest BCUT2D eigenvalue weighted by Gasteiger charge is 2.62. The molecule has 5 fully saturated rings. The van der Waals surface area contributed by atoms with E-state index in [4.69, 9.17) is 4.84 Å². The molecular weight excluding hydrogens is 354 g/mol. The SMILES string of the molecule is C[C@]12CCC(=NO[C@@H]3CCNC3)CC1NC(=O)[C@@H]1[C@H]2CC[C@]2(C)C(=O)CC[C@@H]12. The number of Topliss-reactive ketones (excluding diaryl/α,β-unsaturated/α-hetero) is 1. The standard InChI is InChI=1S/C22H33N3O3/c1-21-8-5-13(25-28-14-7-10-23-12-14)11-17(21)24-20(27)19-15-3-4-18(26)22(15,2)9-6-16(19)21/h14-17,19,23H,3-12H2,1-2H3,(H,24,27)/t14-,15+,16-,17?,19+,21-,22+/m1/s1. The predicted octanol–water partition coefficient (Wildman–Crippen LogP) is 2.42. The summed E-state index contributed by atoms with van der Waals surface area (Å²) in [4.78, 5) is 31.5. The minimum Gasteiger partial charge on any atom is -0.391 e. The molecule has 1 amide bonds. The molecule has 6 heteroatoms. The molecule has 2 saturated heterocycles. The molecule has 0 aromatic rings. The first-order valence-electron chi connectivity index (χ1n) is 11.2. The molecule has 0 aromatic carbocycles. The fourth-order valence-electron chi connectivity index (χ4n) is 7.06. The van der Waals surface area contributed by atoms with Crippen molar-refractivity contribution in [2.75, 3.05) is 13.1 Å². The van der Waals surface area contributed by atoms with Crippen LogP contribution in [0, 0.1) is 28.6 Å². The first-order chi connectivity index (χ1) is 13.4. The zero-order valence-corrected chi connectivity index (χ0v) is 17.1. The maximum absolute atomic E-state index is 13.2. The van der Waals surface area contributed by atoms with Crippen LogP contribution in [0.3, 0.4) is 0 Å². The summed E-state index contributed by atoms with van der Waals surface area (Å²) < 4.78 is 0. The average Bonchev–Trinajstić information content (AvgIpc) is 3.29. The molecule has 28 heavy (non-hydrogen) atoms. The molecule has 7 atom stereocenters. The molecule has 0 radical (unpaired) electrons. The van der Waals surface area contributed by atoms with Crippen molar-refractivity contribution < 1.29 is 14.4 Å². The fourth-order valence-corrected chi connectivity index (χ4v) is 7.06. The molecule has 2 N–H and O–H groups in total. The Morgan fingerprint density at radius 1 is 1.07 bits per heavy atom. The van der Waals surface area contributed by atoms with Gasteiger partial charge >= 0.3 is 0 Å². The monoisotopic (exact) mass is 387 g/mol. The average molecular weight is 388 g/mol. The fraction of sp³-hybridized carbons (Fsp3) is 0.864. The van der Waals surface area contributed by atoms with Crippen molar-refractivity contribution >= 4 is 17.4 Å². The van der Waals surface area contributed by atoms with E-state index in [0.29, 0.717) is 18.1 Å². The lowest BCUT2D eigenvalue weighted by Crippen LogP contribution is -2.65. The van der Waals surface area contributed by atoms with Crippen molar-refractivity contribution in [3.05, 3.63) is 0 Å². The van der Waals surface area contributed by atoms with Crippen LogP contribution in [0.1, 0.15) is 65.2 Å². The van der Waals surface area contributed by atoms with Gasteiger partial charge in [-0.3, -0.25) is 9.59 Å². The second-order valence-electron chi connectivity index (χ2n) is 10.3. The van der Waals surface area contributed by atoms with Crippen LogP contribution >= 0.6 is 0 Å². The van der Waals surface area contributed by atoms with Gasteiger partial charge in [-0.15, -0.1) is 0 Å². The van der Waals surface area contributed by atoms with Crippen molar-refractivity contribution in [2.45, 2.75) is 77.4 Å². The zero-order chi connectivity index (χ0) is 19.5. The number of fused-ring (bicyclic) bond motifs is 5. The van der Waals surface area contributed by atoms with Crippen molar-refractivity contribution in [3.63, 3.8) is 0 Å². The normalized spacial score (nSPS) is 49.4. The van der Waals surface area contributed by atoms with Gasteiger partial charge in [0.15, 0.2) is 0 Å². The van der Waals surface area contributed by atoms with E-state index >= 15 is 0 Å². The summed E-state index contributed by atoms with van der Waals surface area (Å²) in [7, 11) is 0. The molecule has 3 aliphatic carbocycles. The largest absolute Gasteiger partial charge is 0.391 e. The highest BCUT2D eigenvalue weighted by atomic mass is 16.6. The van der Waals surface area contributed by atoms with Crippen LogP contribution in [0.5, 0.6) is 0 Å². The molecule has 3 saturated carbocycles. The Hall–Kier alpha value is -1.43. The smallest absolute Gasteiger partial charge is 0.223 e. The maximum Gasteiger partial charge on any atom is 0.223 e. The van der Waals surface area contributed by atoms with Gasteiger partial charge < -0.3 is 15.5 Å². The Morgan fingerprint density at radius 3 is 2.71 bits per heavy atom. The van der Waals surface area contributed by atoms with Crippen LogP contribution < -0.4 is 10.6 Å². The molecular formula is C22H33N3O3. The number of carbonyl (C=O) groups is 2. The maximum atomic E-state index is 13.2. The third kappa shape index (κ3) is 2.66. The molecule has 5 rings (SSSR count). The van der Waals surface area contributed by atoms with Crippen molar-refractivity contribution in [1.29, 1.82) is 0 Å². The lowest BCUT2D eigenvalue weighted by atomic mass is 9.49. The van der Waals surface area contributed by atoms with Crippen LogP contribution in [-0.4, -0.2) is 42.6 Å². The number of hydrogen-bond acceptors (Lipinski definition) is 5. The number of carbonyl (C=O) groups excluding carboxylic acids is 2. The van der Waals surface area contributed by atoms with E-state index in [1.165, 1.54) is 0 Å². The van der Waals surface area contributed by atoms with Crippen molar-refractivity contribution in [3.8, 4) is 0 Å². The second kappa shape index (κ2) is 6.54. The van der Waals surface area contributed by atoms with Gasteiger partial charge in [0.2, 0.25) is 5.91 Å². The molecule has 1 unspecified atom stereocenters. The number of oxime groups is 1. The van der Waals surface area contributed by atoms with Gasteiger partial charge in [-0.2, -0.15) is 0 Å². The quantitative estimate of drug-likeness (QED) is 0.713. The summed E-state index contributed by atoms with van der Waals surface area (Å²) in [6.07, 6.45) is 7.48. The minimum absolute atomic E-state index is 0.00533. The van der Waals surface area contributed by atoms with E-state index in [2.05, 4.69) is 29.6 Å². The molecule has 2 heterocycles. The zero-order valence-electron chi connectivity index (χ0n) is 17.1. The third-order valence-electron chi connectivity index (χ3n) is 8.98. The summed E-state index contributed by atoms with van der Waals surface area (Å²) in [5, 5.41) is 11.1. The van der Waals surface area contributed by atoms with Gasteiger partial charge in [0.05, 0.1) is 5.71 Å². The highest BCUT2D eigenvalue weighted by molar-refractivity contribution is 5.91. The number of nitrogens with one attached hydrogen (secondary N) is 2. The Kier molecular flexibility index (Phi) is 4.34. The molecule has 154 valence electrons. The topological polar surface area (TPSA) is 79.8 Å².